The molecular formula is C20H26N2O4S. The fourth-order valence-corrected chi connectivity index (χ4v) is 2.92. The Kier molecular flexibility index (Phi) is 7.38. The second-order valence-corrected chi connectivity index (χ2v) is 8.33. The maximum atomic E-state index is 12.5. The van der Waals surface area contributed by atoms with E-state index in [0.29, 0.717) is 31.7 Å². The first-order chi connectivity index (χ1) is 12.7. The summed E-state index contributed by atoms with van der Waals surface area (Å²) in [6, 6.07) is 15.0. The number of carbonyl (C=O) groups excluding carboxylic acids is 1. The second-order valence-electron chi connectivity index (χ2n) is 6.50. The van der Waals surface area contributed by atoms with Crippen LogP contribution in [0, 0.1) is 6.92 Å². The third kappa shape index (κ3) is 7.40. The number of ether oxygens (including phenoxy) is 1. The Balaban J connectivity index is 1.80. The zero-order valence-corrected chi connectivity index (χ0v) is 16.8. The van der Waals surface area contributed by atoms with Gasteiger partial charge < -0.3 is 9.64 Å². The van der Waals surface area contributed by atoms with Crippen molar-refractivity contribution >= 4 is 15.9 Å². The van der Waals surface area contributed by atoms with Crippen LogP contribution in [0.5, 0.6) is 5.75 Å². The highest BCUT2D eigenvalue weighted by Gasteiger charge is 2.11. The Morgan fingerprint density at radius 1 is 1.07 bits per heavy atom. The molecular weight excluding hydrogens is 364 g/mol. The van der Waals surface area contributed by atoms with Gasteiger partial charge in [-0.1, -0.05) is 29.8 Å². The number of nitrogens with one attached hydrogen (secondary N) is 1. The van der Waals surface area contributed by atoms with Gasteiger partial charge in [0, 0.05) is 19.2 Å². The molecule has 0 aromatic heterocycles. The van der Waals surface area contributed by atoms with Crippen LogP contribution in [0.2, 0.25) is 0 Å². The molecule has 0 radical (unpaired) electrons. The van der Waals surface area contributed by atoms with E-state index in [1.54, 1.807) is 24.1 Å². The van der Waals surface area contributed by atoms with E-state index in [1.807, 2.05) is 43.3 Å². The van der Waals surface area contributed by atoms with E-state index in [4.69, 9.17) is 4.74 Å². The van der Waals surface area contributed by atoms with E-state index in [9.17, 15) is 13.2 Å². The maximum absolute atomic E-state index is 12.5. The van der Waals surface area contributed by atoms with Crippen molar-refractivity contribution in [2.45, 2.75) is 13.3 Å². The van der Waals surface area contributed by atoms with Gasteiger partial charge in [-0.05, 0) is 43.2 Å². The minimum Gasteiger partial charge on any atom is -0.492 e. The number of hydrogen-bond donors (Lipinski definition) is 1. The van der Waals surface area contributed by atoms with Gasteiger partial charge in [0.15, 0.2) is 0 Å². The number of amides is 1. The van der Waals surface area contributed by atoms with Crippen molar-refractivity contribution in [3.05, 3.63) is 65.2 Å². The Bertz CT molecular complexity index is 847. The third-order valence-electron chi connectivity index (χ3n) is 4.04. The maximum Gasteiger partial charge on any atom is 0.253 e. The summed E-state index contributed by atoms with van der Waals surface area (Å²) in [5.41, 5.74) is 2.73. The predicted octanol–water partition coefficient (Wildman–Crippen LogP) is 2.24. The average Bonchev–Trinajstić information content (AvgIpc) is 2.62. The molecule has 0 saturated carbocycles. The Morgan fingerprint density at radius 2 is 1.70 bits per heavy atom. The third-order valence-corrected chi connectivity index (χ3v) is 4.77. The normalized spacial score (nSPS) is 11.2. The first kappa shape index (κ1) is 20.9. The molecule has 0 heterocycles. The highest BCUT2D eigenvalue weighted by Crippen LogP contribution is 2.12. The molecule has 0 spiro atoms. The van der Waals surface area contributed by atoms with Crippen molar-refractivity contribution in [3.63, 3.8) is 0 Å². The summed E-state index contributed by atoms with van der Waals surface area (Å²) in [6.45, 7) is 3.25. The summed E-state index contributed by atoms with van der Waals surface area (Å²) in [7, 11) is -1.44. The second kappa shape index (κ2) is 9.53. The standard InChI is InChI=1S/C20H26N2O4S/c1-16-4-10-19(11-5-16)26-15-14-22(2)20(23)18-8-6-17(7-9-18)12-13-21-27(3,24)25/h4-11,21H,12-15H2,1-3H3. The number of benzene rings is 2. The molecule has 0 atom stereocenters. The number of likely N-dealkylation sites (N-methyl/N-ethyl adjacent to an activating group) is 1. The number of hydrogen-bond acceptors (Lipinski definition) is 4. The topological polar surface area (TPSA) is 75.7 Å². The molecule has 2 aromatic rings. The first-order valence-electron chi connectivity index (χ1n) is 8.73. The molecule has 146 valence electrons. The van der Waals surface area contributed by atoms with Crippen LogP contribution in [0.3, 0.4) is 0 Å². The minimum absolute atomic E-state index is 0.0803. The molecule has 0 unspecified atom stereocenters. The van der Waals surface area contributed by atoms with Gasteiger partial charge in [-0.2, -0.15) is 0 Å². The Morgan fingerprint density at radius 3 is 2.30 bits per heavy atom. The van der Waals surface area contributed by atoms with Gasteiger partial charge in [0.25, 0.3) is 5.91 Å². The minimum atomic E-state index is -3.18. The summed E-state index contributed by atoms with van der Waals surface area (Å²) in [4.78, 5) is 14.1. The number of rotatable bonds is 9. The van der Waals surface area contributed by atoms with Gasteiger partial charge in [0.1, 0.15) is 12.4 Å². The molecule has 2 rings (SSSR count). The summed E-state index contributed by atoms with van der Waals surface area (Å²) >= 11 is 0. The molecule has 0 aliphatic heterocycles. The van der Waals surface area contributed by atoms with Crippen molar-refractivity contribution < 1.29 is 17.9 Å². The number of sulfonamides is 1. The zero-order chi connectivity index (χ0) is 19.9. The summed E-state index contributed by atoms with van der Waals surface area (Å²) < 4.78 is 30.2. The van der Waals surface area contributed by atoms with Crippen LogP contribution < -0.4 is 9.46 Å². The van der Waals surface area contributed by atoms with Crippen LogP contribution in [-0.2, 0) is 16.4 Å². The molecule has 1 amide bonds. The van der Waals surface area contributed by atoms with Gasteiger partial charge in [-0.3, -0.25) is 4.79 Å². The smallest absolute Gasteiger partial charge is 0.253 e. The lowest BCUT2D eigenvalue weighted by molar-refractivity contribution is 0.0774. The summed E-state index contributed by atoms with van der Waals surface area (Å²) in [6.07, 6.45) is 1.70. The lowest BCUT2D eigenvalue weighted by atomic mass is 10.1. The van der Waals surface area contributed by atoms with Crippen molar-refractivity contribution in [2.24, 2.45) is 0 Å². The van der Waals surface area contributed by atoms with E-state index in [0.717, 1.165) is 17.6 Å². The first-order valence-corrected chi connectivity index (χ1v) is 10.6. The van der Waals surface area contributed by atoms with Gasteiger partial charge in [0.2, 0.25) is 10.0 Å². The van der Waals surface area contributed by atoms with Crippen LogP contribution in [-0.4, -0.2) is 52.2 Å². The molecule has 6 nitrogen and oxygen atoms in total. The zero-order valence-electron chi connectivity index (χ0n) is 15.9. The molecule has 27 heavy (non-hydrogen) atoms. The van der Waals surface area contributed by atoms with E-state index in [1.165, 1.54) is 5.56 Å². The van der Waals surface area contributed by atoms with Gasteiger partial charge in [-0.15, -0.1) is 0 Å². The SMILES string of the molecule is Cc1ccc(OCCN(C)C(=O)c2ccc(CCNS(C)(=O)=O)cc2)cc1. The van der Waals surface area contributed by atoms with Crippen LogP contribution in [0.25, 0.3) is 0 Å². The molecule has 0 fully saturated rings. The predicted molar refractivity (Wildman–Crippen MR) is 107 cm³/mol. The van der Waals surface area contributed by atoms with Gasteiger partial charge >= 0.3 is 0 Å². The van der Waals surface area contributed by atoms with E-state index >= 15 is 0 Å². The van der Waals surface area contributed by atoms with Crippen LogP contribution in [0.1, 0.15) is 21.5 Å². The monoisotopic (exact) mass is 390 g/mol. The molecule has 0 aliphatic rings. The molecule has 0 aliphatic carbocycles. The van der Waals surface area contributed by atoms with Crippen molar-refractivity contribution in [1.82, 2.24) is 9.62 Å². The molecule has 2 aromatic carbocycles. The van der Waals surface area contributed by atoms with Crippen LogP contribution in [0.15, 0.2) is 48.5 Å². The highest BCUT2D eigenvalue weighted by molar-refractivity contribution is 7.88. The van der Waals surface area contributed by atoms with E-state index in [2.05, 4.69) is 4.72 Å². The van der Waals surface area contributed by atoms with Gasteiger partial charge in [0.05, 0.1) is 12.8 Å². The average molecular weight is 391 g/mol. The summed E-state index contributed by atoms with van der Waals surface area (Å²) in [5.74, 6) is 0.705. The highest BCUT2D eigenvalue weighted by atomic mass is 32.2. The van der Waals surface area contributed by atoms with E-state index in [-0.39, 0.29) is 5.91 Å². The lowest BCUT2D eigenvalue weighted by Crippen LogP contribution is -2.30. The number of aryl methyl sites for hydroxylation is 1. The van der Waals surface area contributed by atoms with Gasteiger partial charge in [-0.25, -0.2) is 13.1 Å². The molecule has 0 bridgehead atoms. The largest absolute Gasteiger partial charge is 0.492 e. The Labute approximate surface area is 161 Å². The number of nitrogens with zero attached hydrogens (tertiary/aromatic N) is 1. The quantitative estimate of drug-likeness (QED) is 0.712. The molecule has 7 heteroatoms. The Hall–Kier alpha value is -2.38. The molecule has 1 N–H and O–H groups in total. The fraction of sp³-hybridized carbons (Fsp3) is 0.350. The van der Waals surface area contributed by atoms with Crippen LogP contribution >= 0.6 is 0 Å². The summed E-state index contributed by atoms with van der Waals surface area (Å²) in [5, 5.41) is 0. The lowest BCUT2D eigenvalue weighted by Gasteiger charge is -2.18. The number of carbonyl (C=O) groups is 1. The van der Waals surface area contributed by atoms with Crippen molar-refractivity contribution in [2.75, 3.05) is 33.0 Å². The fourth-order valence-electron chi connectivity index (χ4n) is 2.45. The van der Waals surface area contributed by atoms with Crippen LogP contribution in [0.4, 0.5) is 0 Å². The van der Waals surface area contributed by atoms with Crippen molar-refractivity contribution in [3.8, 4) is 5.75 Å². The van der Waals surface area contributed by atoms with E-state index < -0.39 is 10.0 Å². The van der Waals surface area contributed by atoms with Crippen molar-refractivity contribution in [1.29, 1.82) is 0 Å². The molecule has 0 saturated heterocycles.